The van der Waals surface area contributed by atoms with Gasteiger partial charge in [0.15, 0.2) is 0 Å². The number of hydrogen-bond donors (Lipinski definition) is 4. The molecule has 0 unspecified atom stereocenters. The van der Waals surface area contributed by atoms with Crippen molar-refractivity contribution >= 4 is 46.1 Å². The van der Waals surface area contributed by atoms with Gasteiger partial charge in [-0.15, -0.1) is 0 Å². The first-order valence-electron chi connectivity index (χ1n) is 5.41. The molecule has 2 heterocycles. The Labute approximate surface area is 113 Å². The molecule has 0 atom stereocenters. The summed E-state index contributed by atoms with van der Waals surface area (Å²) in [5.74, 6) is -3.26. The zero-order valence-corrected chi connectivity index (χ0v) is 13.6. The van der Waals surface area contributed by atoms with Gasteiger partial charge < -0.3 is 0 Å². The number of hydrogen-bond acceptors (Lipinski definition) is 6. The number of carboxylic acids is 2. The molecule has 0 aromatic rings. The van der Waals surface area contributed by atoms with Gasteiger partial charge >= 0.3 is 113 Å². The predicted molar refractivity (Wildman–Crippen MR) is 60.5 cm³/mol. The molecule has 2 aliphatic heterocycles. The molecule has 19 heavy (non-hydrogen) atoms. The third kappa shape index (κ3) is 2.42. The van der Waals surface area contributed by atoms with E-state index >= 15 is 0 Å². The van der Waals surface area contributed by atoms with Crippen LogP contribution in [0.1, 0.15) is 0 Å². The van der Waals surface area contributed by atoms with Crippen LogP contribution in [0.5, 0.6) is 0 Å². The van der Waals surface area contributed by atoms with Crippen molar-refractivity contribution in [1.82, 2.24) is 11.7 Å². The summed E-state index contributed by atoms with van der Waals surface area (Å²) in [6, 6.07) is 0. The van der Waals surface area contributed by atoms with E-state index in [-0.39, 0.29) is 13.1 Å². The normalized spacial score (nSPS) is 21.5. The third-order valence-electron chi connectivity index (χ3n) is 2.94. The van der Waals surface area contributed by atoms with Crippen LogP contribution >= 0.6 is 0 Å². The van der Waals surface area contributed by atoms with Gasteiger partial charge in [-0.05, 0) is 0 Å². The molecule has 2 rings (SSSR count). The molecule has 0 radical (unpaired) electrons. The fourth-order valence-electron chi connectivity index (χ4n) is 2.22. The van der Waals surface area contributed by atoms with Crippen LogP contribution in [0.25, 0.3) is 0 Å². The zero-order chi connectivity index (χ0) is 14.2. The van der Waals surface area contributed by atoms with E-state index in [1.54, 1.807) is 0 Å². The molecular weight excluding hydrogens is 455 g/mol. The van der Waals surface area contributed by atoms with E-state index in [2.05, 4.69) is 6.25 Å². The van der Waals surface area contributed by atoms with Gasteiger partial charge in [-0.1, -0.05) is 0 Å². The summed E-state index contributed by atoms with van der Waals surface area (Å²) in [6.45, 7) is -1.23. The van der Waals surface area contributed by atoms with E-state index in [9.17, 15) is 19.2 Å². The number of carbonyl (C=O) groups is 4. The molecule has 4 N–H and O–H groups in total. The van der Waals surface area contributed by atoms with Crippen molar-refractivity contribution in [3.8, 4) is 0 Å². The molecule has 2 saturated heterocycles. The minimum atomic E-state index is -4.30. The molecular formula is C8H12N4O6Pb. The SMILES string of the molecule is O=C(O)C[N]1C(=O)C[NH][Pb]12[NH]CC(=O)[N]2CC(=O)O. The quantitative estimate of drug-likeness (QED) is 0.312. The van der Waals surface area contributed by atoms with Crippen molar-refractivity contribution in [1.29, 1.82) is 0 Å². The van der Waals surface area contributed by atoms with E-state index in [1.165, 1.54) is 0 Å². The van der Waals surface area contributed by atoms with Crippen LogP contribution in [0.3, 0.4) is 0 Å². The summed E-state index contributed by atoms with van der Waals surface area (Å²) in [5, 5.41) is 17.7. The fraction of sp³-hybridized carbons (Fsp3) is 0.500. The molecule has 104 valence electrons. The van der Waals surface area contributed by atoms with Crippen LogP contribution < -0.4 is 6.25 Å². The Morgan fingerprint density at radius 2 is 1.37 bits per heavy atom. The third-order valence-corrected chi connectivity index (χ3v) is 17.4. The molecule has 0 bridgehead atoms. The van der Waals surface area contributed by atoms with Crippen molar-refractivity contribution in [2.45, 2.75) is 0 Å². The van der Waals surface area contributed by atoms with Crippen LogP contribution in [0.4, 0.5) is 0 Å². The van der Waals surface area contributed by atoms with Crippen molar-refractivity contribution in [3.63, 3.8) is 0 Å². The van der Waals surface area contributed by atoms with E-state index in [0.29, 0.717) is 0 Å². The zero-order valence-electron chi connectivity index (χ0n) is 9.75. The van der Waals surface area contributed by atoms with Crippen LogP contribution in [-0.4, -0.2) is 87.9 Å². The van der Waals surface area contributed by atoms with Gasteiger partial charge in [0.05, 0.1) is 0 Å². The summed E-state index contributed by atoms with van der Waals surface area (Å²) in [4.78, 5) is 45.1. The molecule has 2 fully saturated rings. The minimum absolute atomic E-state index is 0.0781. The molecule has 0 aliphatic carbocycles. The maximum atomic E-state index is 11.7. The van der Waals surface area contributed by atoms with Crippen LogP contribution in [-0.2, 0) is 19.2 Å². The molecule has 11 heteroatoms. The van der Waals surface area contributed by atoms with E-state index in [4.69, 9.17) is 10.2 Å². The second-order valence-electron chi connectivity index (χ2n) is 4.13. The van der Waals surface area contributed by atoms with Gasteiger partial charge in [0.25, 0.3) is 0 Å². The summed E-state index contributed by atoms with van der Waals surface area (Å²) < 4.78 is 8.03. The average Bonchev–Trinajstić information content (AvgIpc) is 2.77. The van der Waals surface area contributed by atoms with Gasteiger partial charge in [-0.25, -0.2) is 0 Å². The Hall–Kier alpha value is -1.28. The van der Waals surface area contributed by atoms with Gasteiger partial charge in [-0.3, -0.25) is 0 Å². The molecule has 0 aromatic carbocycles. The molecule has 1 spiro atoms. The number of rotatable bonds is 4. The topological polar surface area (TPSA) is 139 Å². The van der Waals surface area contributed by atoms with E-state index in [1.807, 2.05) is 0 Å². The van der Waals surface area contributed by atoms with Gasteiger partial charge in [0.1, 0.15) is 0 Å². The number of amides is 2. The number of aliphatic carboxylic acids is 2. The van der Waals surface area contributed by atoms with Crippen molar-refractivity contribution in [2.75, 3.05) is 26.2 Å². The van der Waals surface area contributed by atoms with Gasteiger partial charge in [-0.2, -0.15) is 0 Å². The fourth-order valence-corrected chi connectivity index (χ4v) is 16.1. The second-order valence-corrected chi connectivity index (χ2v) is 16.3. The van der Waals surface area contributed by atoms with Crippen molar-refractivity contribution in [2.24, 2.45) is 0 Å². The standard InChI is InChI=1S/2C4H7N2O3.Pb/c2*5-1-3(7)6-2-4(8)9;/h2*5H,1-2H2,(H2,6,7,8,9);/q2*-1;+4/p-2. The van der Waals surface area contributed by atoms with Crippen LogP contribution in [0, 0.1) is 0 Å². The monoisotopic (exact) mass is 468 g/mol. The first-order valence-corrected chi connectivity index (χ1v) is 12.8. The molecule has 0 saturated carbocycles. The number of nitrogens with one attached hydrogen (secondary N) is 2. The van der Waals surface area contributed by atoms with Gasteiger partial charge in [0.2, 0.25) is 0 Å². The number of carbonyl (C=O) groups excluding carboxylic acids is 2. The molecule has 10 nitrogen and oxygen atoms in total. The van der Waals surface area contributed by atoms with Crippen LogP contribution in [0.2, 0.25) is 0 Å². The first-order chi connectivity index (χ1) is 8.86. The Morgan fingerprint density at radius 1 is 1.00 bits per heavy atom. The molecule has 2 aliphatic rings. The van der Waals surface area contributed by atoms with Crippen molar-refractivity contribution < 1.29 is 29.4 Å². The Bertz CT molecular complexity index is 426. The Kier molecular flexibility index (Phi) is 3.73. The van der Waals surface area contributed by atoms with E-state index in [0.717, 1.165) is 5.42 Å². The Balaban J connectivity index is 2.32. The number of carboxylic acid groups (broad SMARTS) is 2. The average molecular weight is 467 g/mol. The van der Waals surface area contributed by atoms with Crippen LogP contribution in [0.15, 0.2) is 0 Å². The summed E-state index contributed by atoms with van der Waals surface area (Å²) in [7, 11) is 0. The molecule has 0 aromatic heterocycles. The Morgan fingerprint density at radius 3 is 1.68 bits per heavy atom. The first kappa shape index (κ1) is 14.1. The second kappa shape index (κ2) is 5.01. The summed E-state index contributed by atoms with van der Waals surface area (Å²) >= 11 is -4.30. The van der Waals surface area contributed by atoms with Crippen molar-refractivity contribution in [3.05, 3.63) is 0 Å². The maximum absolute atomic E-state index is 11.7. The van der Waals surface area contributed by atoms with E-state index < -0.39 is 59.2 Å². The number of nitrogens with zero attached hydrogens (tertiary/aromatic N) is 2. The summed E-state index contributed by atoms with van der Waals surface area (Å²) in [5.41, 5.74) is 0. The van der Waals surface area contributed by atoms with Gasteiger partial charge in [0, 0.05) is 0 Å². The molecule has 2 amide bonds. The predicted octanol–water partition coefficient (Wildman–Crippen LogP) is -3.55. The summed E-state index contributed by atoms with van der Waals surface area (Å²) in [6.07, 6.45) is 0.